The summed E-state index contributed by atoms with van der Waals surface area (Å²) in [5.41, 5.74) is 0.184. The van der Waals surface area contributed by atoms with E-state index in [1.807, 2.05) is 12.4 Å². The highest BCUT2D eigenvalue weighted by molar-refractivity contribution is 5.30. The SMILES string of the molecule is FC(F)(F)c1cn2c(n1)CCC(CNCc1cnc(N3CCOCC3)nc1)C2. The number of nitrogens with one attached hydrogen (secondary N) is 1. The van der Waals surface area contributed by atoms with Crippen molar-refractivity contribution in [3.63, 3.8) is 0 Å². The average molecular weight is 396 g/mol. The molecule has 1 saturated heterocycles. The number of hydrogen-bond donors (Lipinski definition) is 1. The highest BCUT2D eigenvalue weighted by atomic mass is 19.4. The van der Waals surface area contributed by atoms with Crippen molar-refractivity contribution in [2.45, 2.75) is 32.1 Å². The Morgan fingerprint density at radius 2 is 1.93 bits per heavy atom. The first-order valence-electron chi connectivity index (χ1n) is 9.46. The number of alkyl halides is 3. The van der Waals surface area contributed by atoms with E-state index in [0.29, 0.717) is 44.5 Å². The summed E-state index contributed by atoms with van der Waals surface area (Å²) in [6.45, 7) is 4.89. The second-order valence-corrected chi connectivity index (χ2v) is 7.22. The van der Waals surface area contributed by atoms with Crippen LogP contribution in [0.15, 0.2) is 18.6 Å². The van der Waals surface area contributed by atoms with Gasteiger partial charge < -0.3 is 19.5 Å². The second kappa shape index (κ2) is 8.04. The Bertz CT molecular complexity index is 786. The summed E-state index contributed by atoms with van der Waals surface area (Å²) < 4.78 is 45.4. The fourth-order valence-corrected chi connectivity index (χ4v) is 3.60. The lowest BCUT2D eigenvalue weighted by molar-refractivity contribution is -0.141. The molecule has 10 heteroatoms. The summed E-state index contributed by atoms with van der Waals surface area (Å²) in [4.78, 5) is 14.7. The van der Waals surface area contributed by atoms with Gasteiger partial charge in [-0.1, -0.05) is 0 Å². The van der Waals surface area contributed by atoms with Gasteiger partial charge in [-0.05, 0) is 18.9 Å². The maximum Gasteiger partial charge on any atom is 0.434 e. The Morgan fingerprint density at radius 3 is 2.64 bits per heavy atom. The zero-order valence-corrected chi connectivity index (χ0v) is 15.5. The zero-order chi connectivity index (χ0) is 19.6. The number of morpholine rings is 1. The third-order valence-corrected chi connectivity index (χ3v) is 5.13. The van der Waals surface area contributed by atoms with Crippen LogP contribution in [0.5, 0.6) is 0 Å². The summed E-state index contributed by atoms with van der Waals surface area (Å²) >= 11 is 0. The third-order valence-electron chi connectivity index (χ3n) is 5.13. The van der Waals surface area contributed by atoms with E-state index in [2.05, 4.69) is 25.2 Å². The number of rotatable bonds is 5. The van der Waals surface area contributed by atoms with Crippen LogP contribution in [0, 0.1) is 5.92 Å². The molecule has 0 bridgehead atoms. The minimum Gasteiger partial charge on any atom is -0.378 e. The van der Waals surface area contributed by atoms with Crippen LogP contribution in [0.3, 0.4) is 0 Å². The van der Waals surface area contributed by atoms with Gasteiger partial charge in [-0.2, -0.15) is 13.2 Å². The smallest absolute Gasteiger partial charge is 0.378 e. The van der Waals surface area contributed by atoms with Crippen LogP contribution in [-0.2, 0) is 30.4 Å². The Labute approximate surface area is 160 Å². The van der Waals surface area contributed by atoms with Crippen molar-refractivity contribution in [3.8, 4) is 0 Å². The number of anilines is 1. The number of nitrogens with zero attached hydrogens (tertiary/aromatic N) is 5. The van der Waals surface area contributed by atoms with Gasteiger partial charge in [-0.3, -0.25) is 0 Å². The molecule has 0 saturated carbocycles. The van der Waals surface area contributed by atoms with Gasteiger partial charge in [0.15, 0.2) is 5.69 Å². The van der Waals surface area contributed by atoms with E-state index in [1.54, 1.807) is 4.57 Å². The molecule has 1 atom stereocenters. The van der Waals surface area contributed by atoms with Gasteiger partial charge in [-0.25, -0.2) is 15.0 Å². The molecule has 0 radical (unpaired) electrons. The molecule has 1 fully saturated rings. The van der Waals surface area contributed by atoms with Gasteiger partial charge in [0, 0.05) is 56.8 Å². The largest absolute Gasteiger partial charge is 0.434 e. The molecule has 1 N–H and O–H groups in total. The first kappa shape index (κ1) is 19.1. The Morgan fingerprint density at radius 1 is 1.18 bits per heavy atom. The van der Waals surface area contributed by atoms with Crippen LogP contribution in [-0.4, -0.2) is 52.4 Å². The van der Waals surface area contributed by atoms with Crippen molar-refractivity contribution in [3.05, 3.63) is 35.7 Å². The van der Waals surface area contributed by atoms with Gasteiger partial charge in [0.1, 0.15) is 5.82 Å². The van der Waals surface area contributed by atoms with E-state index in [-0.39, 0.29) is 5.92 Å². The maximum absolute atomic E-state index is 12.8. The molecule has 0 aliphatic carbocycles. The molecule has 2 aromatic rings. The minimum atomic E-state index is -4.38. The second-order valence-electron chi connectivity index (χ2n) is 7.22. The van der Waals surface area contributed by atoms with Crippen LogP contribution < -0.4 is 10.2 Å². The quantitative estimate of drug-likeness (QED) is 0.833. The average Bonchev–Trinajstić information content (AvgIpc) is 3.13. The summed E-state index contributed by atoms with van der Waals surface area (Å²) in [6, 6.07) is 0. The Balaban J connectivity index is 1.26. The highest BCUT2D eigenvalue weighted by Crippen LogP contribution is 2.30. The van der Waals surface area contributed by atoms with Crippen LogP contribution >= 0.6 is 0 Å². The monoisotopic (exact) mass is 396 g/mol. The Kier molecular flexibility index (Phi) is 5.49. The number of ether oxygens (including phenoxy) is 1. The summed E-state index contributed by atoms with van der Waals surface area (Å²) in [7, 11) is 0. The number of halogens is 3. The lowest BCUT2D eigenvalue weighted by Gasteiger charge is -2.26. The molecule has 0 spiro atoms. The van der Waals surface area contributed by atoms with Crippen molar-refractivity contribution < 1.29 is 17.9 Å². The molecule has 0 aromatic carbocycles. The van der Waals surface area contributed by atoms with Crippen LogP contribution in [0.2, 0.25) is 0 Å². The zero-order valence-electron chi connectivity index (χ0n) is 15.5. The minimum absolute atomic E-state index is 0.274. The van der Waals surface area contributed by atoms with E-state index in [9.17, 15) is 13.2 Å². The van der Waals surface area contributed by atoms with Crippen molar-refractivity contribution in [1.82, 2.24) is 24.8 Å². The molecule has 4 heterocycles. The number of aromatic nitrogens is 4. The summed E-state index contributed by atoms with van der Waals surface area (Å²) in [6.07, 6.45) is 1.77. The van der Waals surface area contributed by atoms with Crippen LogP contribution in [0.25, 0.3) is 0 Å². The normalized spacial score (nSPS) is 20.2. The topological polar surface area (TPSA) is 68.1 Å². The lowest BCUT2D eigenvalue weighted by atomic mass is 9.99. The van der Waals surface area contributed by atoms with Gasteiger partial charge in [0.25, 0.3) is 0 Å². The lowest BCUT2D eigenvalue weighted by Crippen LogP contribution is -2.37. The van der Waals surface area contributed by atoms with E-state index in [0.717, 1.165) is 37.8 Å². The Hall–Kier alpha value is -2.20. The first-order chi connectivity index (χ1) is 13.5. The fraction of sp³-hybridized carbons (Fsp3) is 0.611. The molecule has 2 aliphatic heterocycles. The van der Waals surface area contributed by atoms with Crippen molar-refractivity contribution in [1.29, 1.82) is 0 Å². The van der Waals surface area contributed by atoms with E-state index in [1.165, 1.54) is 0 Å². The summed E-state index contributed by atoms with van der Waals surface area (Å²) in [5, 5.41) is 3.37. The number of aryl methyl sites for hydroxylation is 1. The van der Waals surface area contributed by atoms with Gasteiger partial charge in [0.2, 0.25) is 5.95 Å². The molecule has 2 aromatic heterocycles. The predicted octanol–water partition coefficient (Wildman–Crippen LogP) is 1.88. The maximum atomic E-state index is 12.8. The molecule has 7 nitrogen and oxygen atoms in total. The van der Waals surface area contributed by atoms with E-state index >= 15 is 0 Å². The van der Waals surface area contributed by atoms with Gasteiger partial charge in [0.05, 0.1) is 13.2 Å². The fourth-order valence-electron chi connectivity index (χ4n) is 3.60. The van der Waals surface area contributed by atoms with Crippen LogP contribution in [0.4, 0.5) is 19.1 Å². The molecule has 4 rings (SSSR count). The predicted molar refractivity (Wildman–Crippen MR) is 95.8 cm³/mol. The molecular formula is C18H23F3N6O. The van der Waals surface area contributed by atoms with Gasteiger partial charge >= 0.3 is 6.18 Å². The highest BCUT2D eigenvalue weighted by Gasteiger charge is 2.35. The van der Waals surface area contributed by atoms with Crippen molar-refractivity contribution >= 4 is 5.95 Å². The van der Waals surface area contributed by atoms with Crippen LogP contribution in [0.1, 0.15) is 23.5 Å². The molecule has 28 heavy (non-hydrogen) atoms. The molecule has 152 valence electrons. The van der Waals surface area contributed by atoms with E-state index < -0.39 is 11.9 Å². The number of imidazole rings is 1. The standard InChI is InChI=1S/C18H23F3N6O/c19-18(20,21)15-12-27-11-13(1-2-16(27)25-15)7-22-8-14-9-23-17(24-10-14)26-3-5-28-6-4-26/h9-10,12-13,22H,1-8,11H2. The number of fused-ring (bicyclic) bond motifs is 1. The van der Waals surface area contributed by atoms with E-state index in [4.69, 9.17) is 4.74 Å². The molecule has 1 unspecified atom stereocenters. The van der Waals surface area contributed by atoms with Crippen molar-refractivity contribution in [2.24, 2.45) is 5.92 Å². The third kappa shape index (κ3) is 4.44. The first-order valence-corrected chi connectivity index (χ1v) is 9.46. The molecule has 2 aliphatic rings. The molecular weight excluding hydrogens is 373 g/mol. The molecule has 0 amide bonds. The number of hydrogen-bond acceptors (Lipinski definition) is 6. The van der Waals surface area contributed by atoms with Gasteiger partial charge in [-0.15, -0.1) is 0 Å². The summed E-state index contributed by atoms with van der Waals surface area (Å²) in [5.74, 6) is 1.51. The van der Waals surface area contributed by atoms with Crippen molar-refractivity contribution in [2.75, 3.05) is 37.7 Å².